The highest BCUT2D eigenvalue weighted by atomic mass is 32.1. The molecule has 1 aliphatic rings. The van der Waals surface area contributed by atoms with Crippen LogP contribution in [0.25, 0.3) is 0 Å². The van der Waals surface area contributed by atoms with Gasteiger partial charge in [-0.2, -0.15) is 0 Å². The first kappa shape index (κ1) is 15.2. The van der Waals surface area contributed by atoms with Gasteiger partial charge in [-0.3, -0.25) is 10.1 Å². The second-order valence-corrected chi connectivity index (χ2v) is 6.94. The Morgan fingerprint density at radius 3 is 2.95 bits per heavy atom. The number of rotatable bonds is 5. The van der Waals surface area contributed by atoms with Gasteiger partial charge in [0.2, 0.25) is 0 Å². The van der Waals surface area contributed by atoms with E-state index in [0.717, 1.165) is 36.6 Å². The van der Waals surface area contributed by atoms with E-state index in [4.69, 9.17) is 0 Å². The smallest absolute Gasteiger partial charge is 0.345 e. The van der Waals surface area contributed by atoms with Crippen LogP contribution < -0.4 is 5.32 Å². The van der Waals surface area contributed by atoms with Gasteiger partial charge in [-0.05, 0) is 44.2 Å². The third kappa shape index (κ3) is 3.27. The zero-order valence-electron chi connectivity index (χ0n) is 12.3. The SMILES string of the molecule is CC1CCCC(CNc2ncc([N+](=O)[O-])s2)(N(C)C)C1. The molecule has 1 saturated carbocycles. The van der Waals surface area contributed by atoms with Gasteiger partial charge in [0.05, 0.1) is 4.92 Å². The molecule has 1 N–H and O–H groups in total. The maximum absolute atomic E-state index is 10.7. The Hall–Kier alpha value is -1.21. The maximum atomic E-state index is 10.7. The van der Waals surface area contributed by atoms with Gasteiger partial charge in [-0.1, -0.05) is 19.8 Å². The van der Waals surface area contributed by atoms with Crippen molar-refractivity contribution >= 4 is 21.5 Å². The molecule has 1 aromatic rings. The van der Waals surface area contributed by atoms with Crippen molar-refractivity contribution in [1.29, 1.82) is 0 Å². The number of nitro groups is 1. The highest BCUT2D eigenvalue weighted by Crippen LogP contribution is 2.36. The lowest BCUT2D eigenvalue weighted by Crippen LogP contribution is -2.52. The lowest BCUT2D eigenvalue weighted by Gasteiger charge is -2.45. The Bertz CT molecular complexity index is 477. The van der Waals surface area contributed by atoms with Crippen LogP contribution in [0, 0.1) is 16.0 Å². The van der Waals surface area contributed by atoms with E-state index < -0.39 is 4.92 Å². The van der Waals surface area contributed by atoms with E-state index in [1.54, 1.807) is 0 Å². The lowest BCUT2D eigenvalue weighted by molar-refractivity contribution is -0.380. The van der Waals surface area contributed by atoms with Gasteiger partial charge in [-0.15, -0.1) is 0 Å². The summed E-state index contributed by atoms with van der Waals surface area (Å²) in [7, 11) is 4.23. The van der Waals surface area contributed by atoms with E-state index in [2.05, 4.69) is 36.2 Å². The van der Waals surface area contributed by atoms with Gasteiger partial charge < -0.3 is 10.2 Å². The minimum atomic E-state index is -0.396. The van der Waals surface area contributed by atoms with Crippen LogP contribution in [0.2, 0.25) is 0 Å². The molecule has 0 amide bonds. The number of likely N-dealkylation sites (N-methyl/N-ethyl adjacent to an activating group) is 1. The van der Waals surface area contributed by atoms with Crippen LogP contribution in [0.5, 0.6) is 0 Å². The summed E-state index contributed by atoms with van der Waals surface area (Å²) in [5, 5.41) is 14.7. The first-order chi connectivity index (χ1) is 9.43. The molecule has 0 saturated heterocycles. The summed E-state index contributed by atoms with van der Waals surface area (Å²) in [5.74, 6) is 0.721. The number of nitrogens with one attached hydrogen (secondary N) is 1. The summed E-state index contributed by atoms with van der Waals surface area (Å²) in [6.45, 7) is 3.08. The average Bonchev–Trinajstić information content (AvgIpc) is 2.85. The van der Waals surface area contributed by atoms with Crippen molar-refractivity contribution in [3.63, 3.8) is 0 Å². The van der Waals surface area contributed by atoms with Crippen LogP contribution in [0.15, 0.2) is 6.20 Å². The van der Waals surface area contributed by atoms with E-state index in [1.807, 2.05) is 0 Å². The first-order valence-corrected chi connectivity index (χ1v) is 7.76. The molecule has 0 spiro atoms. The molecular formula is C13H22N4O2S. The summed E-state index contributed by atoms with van der Waals surface area (Å²) in [5.41, 5.74) is 0.123. The third-order valence-corrected chi connectivity index (χ3v) is 5.16. The largest absolute Gasteiger partial charge is 0.359 e. The molecule has 0 aromatic carbocycles. The number of nitrogens with zero attached hydrogens (tertiary/aromatic N) is 3. The Labute approximate surface area is 123 Å². The normalized spacial score (nSPS) is 26.7. The van der Waals surface area contributed by atoms with Crippen molar-refractivity contribution in [2.24, 2.45) is 5.92 Å². The zero-order chi connectivity index (χ0) is 14.8. The van der Waals surface area contributed by atoms with Crippen molar-refractivity contribution in [3.05, 3.63) is 16.3 Å². The van der Waals surface area contributed by atoms with Crippen LogP contribution in [0.3, 0.4) is 0 Å². The molecule has 2 unspecified atom stereocenters. The number of anilines is 1. The number of thiazole rings is 1. The Morgan fingerprint density at radius 2 is 2.40 bits per heavy atom. The van der Waals surface area contributed by atoms with Crippen molar-refractivity contribution in [2.75, 3.05) is 26.0 Å². The quantitative estimate of drug-likeness (QED) is 0.668. The van der Waals surface area contributed by atoms with Gasteiger partial charge in [0.15, 0.2) is 5.13 Å². The molecule has 20 heavy (non-hydrogen) atoms. The molecule has 0 aliphatic heterocycles. The number of aromatic nitrogens is 1. The Balaban J connectivity index is 2.03. The van der Waals surface area contributed by atoms with Crippen molar-refractivity contribution in [3.8, 4) is 0 Å². The Morgan fingerprint density at radius 1 is 1.65 bits per heavy atom. The summed E-state index contributed by atoms with van der Waals surface area (Å²) < 4.78 is 0. The molecule has 1 aromatic heterocycles. The first-order valence-electron chi connectivity index (χ1n) is 6.94. The molecule has 0 radical (unpaired) electrons. The summed E-state index contributed by atoms with van der Waals surface area (Å²) in [4.78, 5) is 16.6. The van der Waals surface area contributed by atoms with Crippen LogP contribution >= 0.6 is 11.3 Å². The standard InChI is InChI=1S/C13H22N4O2S/c1-10-5-4-6-13(7-10,16(2)3)9-15-12-14-8-11(20-12)17(18)19/h8,10H,4-7,9H2,1-3H3,(H,14,15). The average molecular weight is 298 g/mol. The second-order valence-electron chi connectivity index (χ2n) is 5.93. The summed E-state index contributed by atoms with van der Waals surface area (Å²) >= 11 is 1.10. The summed E-state index contributed by atoms with van der Waals surface area (Å²) in [6, 6.07) is 0. The predicted octanol–water partition coefficient (Wildman–Crippen LogP) is 2.97. The molecule has 7 heteroatoms. The summed E-state index contributed by atoms with van der Waals surface area (Å²) in [6.07, 6.45) is 6.15. The van der Waals surface area contributed by atoms with Gasteiger partial charge in [0.1, 0.15) is 6.20 Å². The highest BCUT2D eigenvalue weighted by Gasteiger charge is 2.36. The minimum absolute atomic E-state index is 0.0865. The Kier molecular flexibility index (Phi) is 4.59. The topological polar surface area (TPSA) is 71.3 Å². The van der Waals surface area contributed by atoms with Crippen LogP contribution in [-0.2, 0) is 0 Å². The molecule has 2 rings (SSSR count). The van der Waals surface area contributed by atoms with E-state index in [0.29, 0.717) is 5.13 Å². The fourth-order valence-electron chi connectivity index (χ4n) is 3.03. The van der Waals surface area contributed by atoms with Gasteiger partial charge in [0, 0.05) is 12.1 Å². The van der Waals surface area contributed by atoms with E-state index in [9.17, 15) is 10.1 Å². The van der Waals surface area contributed by atoms with Gasteiger partial charge in [0.25, 0.3) is 0 Å². The van der Waals surface area contributed by atoms with E-state index in [-0.39, 0.29) is 10.5 Å². The highest BCUT2D eigenvalue weighted by molar-refractivity contribution is 7.18. The molecule has 6 nitrogen and oxygen atoms in total. The predicted molar refractivity (Wildman–Crippen MR) is 81.3 cm³/mol. The zero-order valence-corrected chi connectivity index (χ0v) is 13.1. The molecule has 112 valence electrons. The molecule has 1 heterocycles. The number of hydrogen-bond acceptors (Lipinski definition) is 6. The maximum Gasteiger partial charge on any atom is 0.345 e. The van der Waals surface area contributed by atoms with Crippen LogP contribution in [-0.4, -0.2) is 41.0 Å². The molecule has 1 fully saturated rings. The molecule has 2 atom stereocenters. The monoisotopic (exact) mass is 298 g/mol. The third-order valence-electron chi connectivity index (χ3n) is 4.26. The second kappa shape index (κ2) is 6.05. The van der Waals surface area contributed by atoms with Crippen LogP contribution in [0.4, 0.5) is 10.1 Å². The molecule has 0 bridgehead atoms. The molecular weight excluding hydrogens is 276 g/mol. The van der Waals surface area contributed by atoms with Gasteiger partial charge >= 0.3 is 5.00 Å². The lowest BCUT2D eigenvalue weighted by atomic mass is 9.75. The number of hydrogen-bond donors (Lipinski definition) is 1. The fourth-order valence-corrected chi connectivity index (χ4v) is 3.66. The van der Waals surface area contributed by atoms with Crippen molar-refractivity contribution < 1.29 is 4.92 Å². The van der Waals surface area contributed by atoms with E-state index >= 15 is 0 Å². The van der Waals surface area contributed by atoms with Gasteiger partial charge in [-0.25, -0.2) is 4.98 Å². The minimum Gasteiger partial charge on any atom is -0.359 e. The molecule has 1 aliphatic carbocycles. The van der Waals surface area contributed by atoms with Crippen molar-refractivity contribution in [2.45, 2.75) is 38.1 Å². The fraction of sp³-hybridized carbons (Fsp3) is 0.769. The van der Waals surface area contributed by atoms with Crippen LogP contribution in [0.1, 0.15) is 32.6 Å². The van der Waals surface area contributed by atoms with E-state index in [1.165, 1.54) is 19.0 Å². The van der Waals surface area contributed by atoms with Crippen molar-refractivity contribution in [1.82, 2.24) is 9.88 Å².